The van der Waals surface area contributed by atoms with E-state index in [0.29, 0.717) is 23.6 Å². The average molecular weight is 230 g/mol. The summed E-state index contributed by atoms with van der Waals surface area (Å²) in [6, 6.07) is 0. The second-order valence-corrected chi connectivity index (χ2v) is 3.67. The van der Waals surface area contributed by atoms with Crippen molar-refractivity contribution in [2.45, 2.75) is 33.7 Å². The highest BCUT2D eigenvalue weighted by atomic mass is 15.2. The van der Waals surface area contributed by atoms with Crippen molar-refractivity contribution in [3.05, 3.63) is 11.6 Å². The summed E-state index contributed by atoms with van der Waals surface area (Å²) in [6.45, 7) is 4.90. The largest absolute Gasteiger partial charge is 0.377 e. The van der Waals surface area contributed by atoms with Crippen LogP contribution >= 0.6 is 0 Å². The third-order valence-electron chi connectivity index (χ3n) is 2.62. The van der Waals surface area contributed by atoms with Crippen molar-refractivity contribution in [2.75, 3.05) is 11.8 Å². The number of aryl methyl sites for hydroxylation is 3. The summed E-state index contributed by atoms with van der Waals surface area (Å²) in [7, 11) is 5.51. The van der Waals surface area contributed by atoms with Crippen LogP contribution < -0.4 is 5.32 Å². The zero-order valence-corrected chi connectivity index (χ0v) is 10.2. The molecule has 0 aromatic carbocycles. The predicted octanol–water partition coefficient (Wildman–Crippen LogP) is 1.25. The van der Waals surface area contributed by atoms with Crippen LogP contribution in [0.25, 0.3) is 11.2 Å². The summed E-state index contributed by atoms with van der Waals surface area (Å²) >= 11 is 0. The highest BCUT2D eigenvalue weighted by Gasteiger charge is 2.13. The van der Waals surface area contributed by atoms with Crippen LogP contribution in [0, 0.1) is 6.90 Å². The maximum Gasteiger partial charge on any atom is 0.165 e. The fourth-order valence-corrected chi connectivity index (χ4v) is 1.80. The Morgan fingerprint density at radius 3 is 2.76 bits per heavy atom. The number of aromatic nitrogens is 4. The molecule has 88 valence electrons. The molecule has 2 radical (unpaired) electrons. The van der Waals surface area contributed by atoms with Gasteiger partial charge in [0.15, 0.2) is 17.0 Å². The van der Waals surface area contributed by atoms with E-state index in [1.54, 1.807) is 0 Å². The molecule has 2 heterocycles. The van der Waals surface area contributed by atoms with Crippen molar-refractivity contribution < 1.29 is 1.37 Å². The molecule has 2 aromatic heterocycles. The first-order chi connectivity index (χ1) is 8.74. The highest BCUT2D eigenvalue weighted by molar-refractivity contribution is 6.10. The summed E-state index contributed by atoms with van der Waals surface area (Å²) in [5.74, 6) is 2.11. The van der Waals surface area contributed by atoms with Gasteiger partial charge < -0.3 is 9.88 Å². The third-order valence-corrected chi connectivity index (χ3v) is 2.62. The highest BCUT2D eigenvalue weighted by Crippen LogP contribution is 2.21. The van der Waals surface area contributed by atoms with Crippen molar-refractivity contribution in [3.63, 3.8) is 0 Å². The molecule has 0 atom stereocenters. The molecular formula is C11H16BN5. The molecule has 0 aliphatic rings. The van der Waals surface area contributed by atoms with Crippen LogP contribution in [0.2, 0.25) is 0 Å². The van der Waals surface area contributed by atoms with Gasteiger partial charge in [0, 0.05) is 14.3 Å². The zero-order valence-electron chi connectivity index (χ0n) is 11.2. The van der Waals surface area contributed by atoms with Crippen LogP contribution in [0.4, 0.5) is 5.82 Å². The van der Waals surface area contributed by atoms with Gasteiger partial charge in [0.2, 0.25) is 0 Å². The summed E-state index contributed by atoms with van der Waals surface area (Å²) in [5, 5.41) is 3.00. The molecule has 0 aliphatic heterocycles. The van der Waals surface area contributed by atoms with E-state index in [2.05, 4.69) is 20.3 Å². The maximum absolute atomic E-state index is 7.51. The molecule has 0 saturated carbocycles. The number of hydrogen-bond acceptors (Lipinski definition) is 4. The van der Waals surface area contributed by atoms with Gasteiger partial charge in [0.05, 0.1) is 7.85 Å². The van der Waals surface area contributed by atoms with Gasteiger partial charge >= 0.3 is 0 Å². The smallest absolute Gasteiger partial charge is 0.165 e. The first-order valence-electron chi connectivity index (χ1n) is 6.45. The van der Waals surface area contributed by atoms with Gasteiger partial charge in [-0.2, -0.15) is 0 Å². The van der Waals surface area contributed by atoms with Crippen LogP contribution in [-0.4, -0.2) is 33.8 Å². The van der Waals surface area contributed by atoms with Crippen LogP contribution in [-0.2, 0) is 13.0 Å². The fourth-order valence-electron chi connectivity index (χ4n) is 1.80. The molecule has 1 N–H and O–H groups in total. The van der Waals surface area contributed by atoms with Gasteiger partial charge in [-0.3, -0.25) is 0 Å². The Balaban J connectivity index is 2.71. The van der Waals surface area contributed by atoms with Crippen LogP contribution in [0.5, 0.6) is 0 Å². The SMILES string of the molecule is [2H]Cc1nc2c(NC[B])nc(CC)nc2n1CC. The van der Waals surface area contributed by atoms with E-state index in [-0.39, 0.29) is 6.90 Å². The van der Waals surface area contributed by atoms with E-state index in [0.717, 1.165) is 24.4 Å². The van der Waals surface area contributed by atoms with Crippen molar-refractivity contribution in [3.8, 4) is 0 Å². The fraction of sp³-hybridized carbons (Fsp3) is 0.545. The Kier molecular flexibility index (Phi) is 2.94. The van der Waals surface area contributed by atoms with E-state index in [4.69, 9.17) is 9.22 Å². The van der Waals surface area contributed by atoms with E-state index in [1.807, 2.05) is 18.4 Å². The molecule has 2 aromatic rings. The number of hydrogen-bond donors (Lipinski definition) is 1. The van der Waals surface area contributed by atoms with E-state index in [9.17, 15) is 0 Å². The van der Waals surface area contributed by atoms with E-state index >= 15 is 0 Å². The molecular weight excluding hydrogens is 213 g/mol. The minimum absolute atomic E-state index is 0.133. The number of imidazole rings is 1. The topological polar surface area (TPSA) is 55.6 Å². The lowest BCUT2D eigenvalue weighted by molar-refractivity contribution is 0.742. The predicted molar refractivity (Wildman–Crippen MR) is 69.4 cm³/mol. The van der Waals surface area contributed by atoms with Crippen molar-refractivity contribution in [1.29, 1.82) is 0 Å². The second kappa shape index (κ2) is 4.73. The van der Waals surface area contributed by atoms with Gasteiger partial charge in [-0.25, -0.2) is 15.0 Å². The third kappa shape index (κ3) is 1.99. The Morgan fingerprint density at radius 1 is 1.35 bits per heavy atom. The summed E-state index contributed by atoms with van der Waals surface area (Å²) in [5.41, 5.74) is 1.48. The first kappa shape index (κ1) is 10.6. The van der Waals surface area contributed by atoms with Gasteiger partial charge in [-0.1, -0.05) is 6.92 Å². The number of anilines is 1. The molecule has 0 bridgehead atoms. The van der Waals surface area contributed by atoms with Crippen LogP contribution in [0.3, 0.4) is 0 Å². The van der Waals surface area contributed by atoms with Gasteiger partial charge in [0.1, 0.15) is 11.6 Å². The summed E-state index contributed by atoms with van der Waals surface area (Å²) in [6.07, 6.45) is 1.05. The van der Waals surface area contributed by atoms with Crippen LogP contribution in [0.15, 0.2) is 0 Å². The molecule has 2 rings (SSSR count). The molecule has 6 heteroatoms. The Hall–Kier alpha value is -1.59. The lowest BCUT2D eigenvalue weighted by Crippen LogP contribution is -2.07. The quantitative estimate of drug-likeness (QED) is 0.803. The lowest BCUT2D eigenvalue weighted by Gasteiger charge is -2.06. The number of rotatable bonds is 4. The molecule has 0 unspecified atom stereocenters. The van der Waals surface area contributed by atoms with Gasteiger partial charge in [0.25, 0.3) is 0 Å². The van der Waals surface area contributed by atoms with E-state index < -0.39 is 0 Å². The Bertz CT molecular complexity index is 554. The second-order valence-electron chi connectivity index (χ2n) is 3.67. The molecule has 0 amide bonds. The molecule has 0 fully saturated rings. The normalized spacial score (nSPS) is 11.8. The maximum atomic E-state index is 7.51. The molecule has 17 heavy (non-hydrogen) atoms. The van der Waals surface area contributed by atoms with Crippen LogP contribution in [0.1, 0.15) is 26.9 Å². The molecule has 0 spiro atoms. The number of nitrogens with one attached hydrogen (secondary N) is 1. The molecule has 0 aliphatic carbocycles. The lowest BCUT2D eigenvalue weighted by atomic mass is 10.2. The van der Waals surface area contributed by atoms with Crippen molar-refractivity contribution in [2.24, 2.45) is 0 Å². The van der Waals surface area contributed by atoms with Crippen molar-refractivity contribution in [1.82, 2.24) is 19.5 Å². The monoisotopic (exact) mass is 230 g/mol. The zero-order chi connectivity index (χ0) is 13.1. The van der Waals surface area contributed by atoms with E-state index in [1.165, 1.54) is 0 Å². The van der Waals surface area contributed by atoms with Gasteiger partial charge in [-0.05, 0) is 20.3 Å². The standard InChI is InChI=1S/C11H16BN5/c1-4-8-15-10(13-6-12)9-11(16-8)17(5-2)7(3)14-9/h4-6H2,1-3H3,(H,13,15,16)/i3D. The summed E-state index contributed by atoms with van der Waals surface area (Å²) in [4.78, 5) is 13.3. The molecule has 0 saturated heterocycles. The van der Waals surface area contributed by atoms with Gasteiger partial charge in [-0.15, -0.1) is 0 Å². The number of fused-ring (bicyclic) bond motifs is 1. The Labute approximate surface area is 103 Å². The first-order valence-corrected chi connectivity index (χ1v) is 5.74. The summed E-state index contributed by atoms with van der Waals surface area (Å²) < 4.78 is 9.46. The van der Waals surface area contributed by atoms with Crippen molar-refractivity contribution >= 4 is 24.8 Å². The molecule has 5 nitrogen and oxygen atoms in total. The average Bonchev–Trinajstić information content (AvgIpc) is 2.76. The minimum atomic E-state index is 0.133. The number of nitrogens with zero attached hydrogens (tertiary/aromatic N) is 4. The minimum Gasteiger partial charge on any atom is -0.377 e. The Morgan fingerprint density at radius 2 is 2.18 bits per heavy atom.